The van der Waals surface area contributed by atoms with E-state index in [2.05, 4.69) is 37.2 Å². The van der Waals surface area contributed by atoms with Gasteiger partial charge >= 0.3 is 0 Å². The maximum Gasteiger partial charge on any atom is 0.244 e. The number of hydrogen-bond acceptors (Lipinski definition) is 3. The lowest BCUT2D eigenvalue weighted by molar-refractivity contribution is -0.126. The number of rotatable bonds is 10. The second-order valence-corrected chi connectivity index (χ2v) is 6.62. The van der Waals surface area contributed by atoms with Crippen molar-refractivity contribution in [2.24, 2.45) is 11.7 Å². The van der Waals surface area contributed by atoms with Crippen LogP contribution in [0.1, 0.15) is 26.3 Å². The van der Waals surface area contributed by atoms with Gasteiger partial charge in [0.2, 0.25) is 5.91 Å². The molecule has 0 fully saturated rings. The normalized spacial score (nSPS) is 14.9. The van der Waals surface area contributed by atoms with Crippen LogP contribution in [0.4, 0.5) is 0 Å². The predicted octanol–water partition coefficient (Wildman–Crippen LogP) is 2.68. The Morgan fingerprint density at radius 3 is 2.25 bits per heavy atom. The molecule has 1 amide bonds. The summed E-state index contributed by atoms with van der Waals surface area (Å²) in [6.07, 6.45) is 3.75. The second kappa shape index (κ2) is 9.40. The highest BCUT2D eigenvalue weighted by atomic mass is 16.2. The van der Waals surface area contributed by atoms with Crippen molar-refractivity contribution in [3.8, 4) is 0 Å². The highest BCUT2D eigenvalue weighted by molar-refractivity contribution is 5.87. The molecule has 0 spiro atoms. The van der Waals surface area contributed by atoms with E-state index in [9.17, 15) is 4.79 Å². The van der Waals surface area contributed by atoms with Crippen molar-refractivity contribution in [2.45, 2.75) is 32.4 Å². The Morgan fingerprint density at radius 2 is 1.79 bits per heavy atom. The third-order valence-electron chi connectivity index (χ3n) is 4.28. The van der Waals surface area contributed by atoms with Gasteiger partial charge in [-0.1, -0.05) is 56.3 Å². The van der Waals surface area contributed by atoms with Gasteiger partial charge in [0.15, 0.2) is 0 Å². The van der Waals surface area contributed by atoms with E-state index >= 15 is 0 Å². The Labute approximate surface area is 146 Å². The van der Waals surface area contributed by atoms with Crippen LogP contribution in [0.5, 0.6) is 0 Å². The number of nitrogens with two attached hydrogens (primary N) is 1. The summed E-state index contributed by atoms with van der Waals surface area (Å²) >= 11 is 0. The quantitative estimate of drug-likeness (QED) is 0.649. The van der Waals surface area contributed by atoms with E-state index in [4.69, 9.17) is 5.73 Å². The summed E-state index contributed by atoms with van der Waals surface area (Å²) in [5.41, 5.74) is 6.03. The minimum atomic E-state index is -1.05. The SMILES string of the molecule is C=CCN(CC=C)C(CNC(=O)C(C)(N)c1ccccc1)C(C)C. The largest absolute Gasteiger partial charge is 0.353 e. The first kappa shape index (κ1) is 20.1. The van der Waals surface area contributed by atoms with Crippen LogP contribution in [-0.2, 0) is 10.3 Å². The van der Waals surface area contributed by atoms with E-state index in [0.717, 1.165) is 18.7 Å². The molecule has 0 aliphatic rings. The average molecular weight is 329 g/mol. The van der Waals surface area contributed by atoms with Crippen LogP contribution < -0.4 is 11.1 Å². The van der Waals surface area contributed by atoms with Crippen molar-refractivity contribution >= 4 is 5.91 Å². The molecule has 0 radical (unpaired) electrons. The zero-order chi connectivity index (χ0) is 18.2. The molecular weight excluding hydrogens is 298 g/mol. The molecule has 0 bridgehead atoms. The monoisotopic (exact) mass is 329 g/mol. The van der Waals surface area contributed by atoms with Gasteiger partial charge in [-0.05, 0) is 18.4 Å². The predicted molar refractivity (Wildman–Crippen MR) is 102 cm³/mol. The lowest BCUT2D eigenvalue weighted by Gasteiger charge is -2.34. The first-order chi connectivity index (χ1) is 11.3. The molecule has 0 aliphatic heterocycles. The highest BCUT2D eigenvalue weighted by Gasteiger charge is 2.31. The molecule has 0 saturated heterocycles. The summed E-state index contributed by atoms with van der Waals surface area (Å²) < 4.78 is 0. The van der Waals surface area contributed by atoms with Gasteiger partial charge in [-0.2, -0.15) is 0 Å². The van der Waals surface area contributed by atoms with Crippen LogP contribution in [0, 0.1) is 5.92 Å². The standard InChI is InChI=1S/C20H31N3O/c1-6-13-23(14-7-2)18(16(3)4)15-22-19(24)20(5,21)17-11-9-8-10-12-17/h6-12,16,18H,1-2,13-15,21H2,3-5H3,(H,22,24). The Kier molecular flexibility index (Phi) is 7.89. The summed E-state index contributed by atoms with van der Waals surface area (Å²) in [5.74, 6) is 0.211. The van der Waals surface area contributed by atoms with E-state index < -0.39 is 5.54 Å². The molecule has 132 valence electrons. The van der Waals surface area contributed by atoms with Gasteiger partial charge in [-0.25, -0.2) is 0 Å². The third-order valence-corrected chi connectivity index (χ3v) is 4.28. The molecule has 1 rings (SSSR count). The number of amides is 1. The lowest BCUT2D eigenvalue weighted by atomic mass is 9.92. The molecule has 0 aliphatic carbocycles. The third kappa shape index (κ3) is 5.32. The van der Waals surface area contributed by atoms with Gasteiger partial charge in [-0.3, -0.25) is 9.69 Å². The lowest BCUT2D eigenvalue weighted by Crippen LogP contribution is -2.53. The Bertz CT molecular complexity index is 527. The van der Waals surface area contributed by atoms with Crippen molar-refractivity contribution in [3.05, 3.63) is 61.2 Å². The summed E-state index contributed by atoms with van der Waals surface area (Å²) in [4.78, 5) is 14.9. The Balaban J connectivity index is 2.80. The van der Waals surface area contributed by atoms with Crippen molar-refractivity contribution in [3.63, 3.8) is 0 Å². The van der Waals surface area contributed by atoms with Crippen molar-refractivity contribution < 1.29 is 4.79 Å². The van der Waals surface area contributed by atoms with E-state index in [1.54, 1.807) is 6.92 Å². The Hall–Kier alpha value is -1.91. The summed E-state index contributed by atoms with van der Waals surface area (Å²) in [5, 5.41) is 3.03. The molecule has 1 aromatic carbocycles. The zero-order valence-corrected chi connectivity index (χ0v) is 15.2. The second-order valence-electron chi connectivity index (χ2n) is 6.62. The van der Waals surface area contributed by atoms with Crippen molar-refractivity contribution in [1.82, 2.24) is 10.2 Å². The summed E-state index contributed by atoms with van der Waals surface area (Å²) in [6, 6.07) is 9.63. The maximum atomic E-state index is 12.6. The van der Waals surface area contributed by atoms with Gasteiger partial charge in [0.1, 0.15) is 5.54 Å². The number of carbonyl (C=O) groups excluding carboxylic acids is 1. The molecule has 2 unspecified atom stereocenters. The molecule has 2 atom stereocenters. The Morgan fingerprint density at radius 1 is 1.25 bits per heavy atom. The zero-order valence-electron chi connectivity index (χ0n) is 15.2. The minimum absolute atomic E-state index is 0.170. The van der Waals surface area contributed by atoms with Crippen LogP contribution in [0.15, 0.2) is 55.6 Å². The fourth-order valence-corrected chi connectivity index (χ4v) is 2.76. The van der Waals surface area contributed by atoms with Gasteiger partial charge in [0, 0.05) is 25.7 Å². The summed E-state index contributed by atoms with van der Waals surface area (Å²) in [7, 11) is 0. The smallest absolute Gasteiger partial charge is 0.244 e. The van der Waals surface area contributed by atoms with E-state index in [-0.39, 0.29) is 11.9 Å². The van der Waals surface area contributed by atoms with E-state index in [1.807, 2.05) is 42.5 Å². The first-order valence-corrected chi connectivity index (χ1v) is 8.43. The molecule has 4 nitrogen and oxygen atoms in total. The average Bonchev–Trinajstić information content (AvgIpc) is 2.55. The number of carbonyl (C=O) groups is 1. The topological polar surface area (TPSA) is 58.4 Å². The maximum absolute atomic E-state index is 12.6. The number of nitrogens with one attached hydrogen (secondary N) is 1. The number of benzene rings is 1. The van der Waals surface area contributed by atoms with Gasteiger partial charge in [0.05, 0.1) is 0 Å². The summed E-state index contributed by atoms with van der Waals surface area (Å²) in [6.45, 7) is 15.7. The highest BCUT2D eigenvalue weighted by Crippen LogP contribution is 2.18. The van der Waals surface area contributed by atoms with Crippen LogP contribution >= 0.6 is 0 Å². The molecule has 0 heterocycles. The molecule has 4 heteroatoms. The van der Waals surface area contributed by atoms with Gasteiger partial charge in [0.25, 0.3) is 0 Å². The van der Waals surface area contributed by atoms with Crippen molar-refractivity contribution in [2.75, 3.05) is 19.6 Å². The molecule has 0 saturated carbocycles. The fourth-order valence-electron chi connectivity index (χ4n) is 2.76. The van der Waals surface area contributed by atoms with Gasteiger partial charge < -0.3 is 11.1 Å². The molecule has 3 N–H and O–H groups in total. The number of hydrogen-bond donors (Lipinski definition) is 2. The molecule has 1 aromatic rings. The fraction of sp³-hybridized carbons (Fsp3) is 0.450. The van der Waals surface area contributed by atoms with Crippen molar-refractivity contribution in [1.29, 1.82) is 0 Å². The van der Waals surface area contributed by atoms with Crippen LogP contribution in [0.25, 0.3) is 0 Å². The minimum Gasteiger partial charge on any atom is -0.353 e. The molecule has 24 heavy (non-hydrogen) atoms. The molecule has 0 aromatic heterocycles. The van der Waals surface area contributed by atoms with E-state index in [1.165, 1.54) is 0 Å². The first-order valence-electron chi connectivity index (χ1n) is 8.43. The van der Waals surface area contributed by atoms with Crippen LogP contribution in [0.2, 0.25) is 0 Å². The molecular formula is C20H31N3O. The number of nitrogens with zero attached hydrogens (tertiary/aromatic N) is 1. The van der Waals surface area contributed by atoms with Crippen LogP contribution in [0.3, 0.4) is 0 Å². The van der Waals surface area contributed by atoms with E-state index in [0.29, 0.717) is 12.5 Å². The van der Waals surface area contributed by atoms with Crippen LogP contribution in [-0.4, -0.2) is 36.5 Å². The van der Waals surface area contributed by atoms with Gasteiger partial charge in [-0.15, -0.1) is 13.2 Å².